The molecule has 0 radical (unpaired) electrons. The molecule has 0 spiro atoms. The zero-order valence-electron chi connectivity index (χ0n) is 10.8. The maximum atomic E-state index is 12.4. The molecule has 1 atom stereocenters. The number of hydrogen-bond acceptors (Lipinski definition) is 4. The summed E-state index contributed by atoms with van der Waals surface area (Å²) in [5.41, 5.74) is -0.958. The Labute approximate surface area is 114 Å². The molecule has 0 bridgehead atoms. The molecular weight excluding hydrogens is 297 g/mol. The van der Waals surface area contributed by atoms with E-state index in [9.17, 15) is 26.4 Å². The van der Waals surface area contributed by atoms with Crippen molar-refractivity contribution >= 4 is 15.8 Å². The molecule has 8 heteroatoms. The van der Waals surface area contributed by atoms with Gasteiger partial charge in [-0.1, -0.05) is 0 Å². The Bertz CT molecular complexity index is 576. The second-order valence-corrected chi connectivity index (χ2v) is 6.23. The van der Waals surface area contributed by atoms with Gasteiger partial charge < -0.3 is 4.74 Å². The van der Waals surface area contributed by atoms with Crippen molar-refractivity contribution in [1.29, 1.82) is 0 Å². The standard InChI is InChI=1S/C12H13F3O4S/c1-3-19-11(16)8(2)20(17,18)10-6-4-9(5-7-10)12(13,14)15/h4-8H,3H2,1-2H3. The lowest BCUT2D eigenvalue weighted by Crippen LogP contribution is -2.29. The second kappa shape index (κ2) is 5.82. The topological polar surface area (TPSA) is 60.4 Å². The minimum atomic E-state index is -4.55. The van der Waals surface area contributed by atoms with E-state index in [0.29, 0.717) is 12.1 Å². The summed E-state index contributed by atoms with van der Waals surface area (Å²) in [6.07, 6.45) is -4.55. The maximum absolute atomic E-state index is 12.4. The molecule has 1 aromatic carbocycles. The first-order valence-electron chi connectivity index (χ1n) is 5.68. The minimum Gasteiger partial charge on any atom is -0.465 e. The molecule has 4 nitrogen and oxygen atoms in total. The van der Waals surface area contributed by atoms with Crippen LogP contribution in [-0.4, -0.2) is 26.2 Å². The van der Waals surface area contributed by atoms with Crippen LogP contribution in [0, 0.1) is 0 Å². The van der Waals surface area contributed by atoms with Crippen molar-refractivity contribution in [3.05, 3.63) is 29.8 Å². The van der Waals surface area contributed by atoms with Crippen molar-refractivity contribution in [3.8, 4) is 0 Å². The zero-order chi connectivity index (χ0) is 15.6. The Morgan fingerprint density at radius 2 is 1.75 bits per heavy atom. The van der Waals surface area contributed by atoms with Gasteiger partial charge in [-0.2, -0.15) is 13.2 Å². The van der Waals surface area contributed by atoms with Gasteiger partial charge in [0.05, 0.1) is 17.1 Å². The Kier molecular flexibility index (Phi) is 4.80. The third kappa shape index (κ3) is 3.50. The van der Waals surface area contributed by atoms with Gasteiger partial charge in [0.2, 0.25) is 0 Å². The Morgan fingerprint density at radius 3 is 2.15 bits per heavy atom. The van der Waals surface area contributed by atoms with E-state index in [1.807, 2.05) is 0 Å². The highest BCUT2D eigenvalue weighted by atomic mass is 32.2. The molecule has 0 aliphatic carbocycles. The molecule has 0 fully saturated rings. The van der Waals surface area contributed by atoms with Crippen LogP contribution in [0.5, 0.6) is 0 Å². The first-order valence-corrected chi connectivity index (χ1v) is 7.23. The van der Waals surface area contributed by atoms with Crippen LogP contribution in [-0.2, 0) is 25.5 Å². The highest BCUT2D eigenvalue weighted by molar-refractivity contribution is 7.92. The Balaban J connectivity index is 3.08. The normalized spacial score (nSPS) is 13.8. The number of halogens is 3. The Hall–Kier alpha value is -1.57. The van der Waals surface area contributed by atoms with Gasteiger partial charge in [0.15, 0.2) is 15.1 Å². The van der Waals surface area contributed by atoms with Crippen LogP contribution in [0.15, 0.2) is 29.2 Å². The molecule has 1 rings (SSSR count). The molecular formula is C12H13F3O4S. The van der Waals surface area contributed by atoms with Gasteiger partial charge in [-0.05, 0) is 38.1 Å². The molecule has 0 amide bonds. The maximum Gasteiger partial charge on any atom is 0.416 e. The molecule has 0 N–H and O–H groups in total. The smallest absolute Gasteiger partial charge is 0.416 e. The molecule has 112 valence electrons. The molecule has 1 aromatic rings. The number of benzene rings is 1. The molecule has 1 unspecified atom stereocenters. The summed E-state index contributed by atoms with van der Waals surface area (Å²) < 4.78 is 65.8. The largest absolute Gasteiger partial charge is 0.465 e. The van der Waals surface area contributed by atoms with E-state index in [-0.39, 0.29) is 11.5 Å². The number of carbonyl (C=O) groups is 1. The number of carbonyl (C=O) groups excluding carboxylic acids is 1. The fraction of sp³-hybridized carbons (Fsp3) is 0.417. The van der Waals surface area contributed by atoms with Crippen molar-refractivity contribution < 1.29 is 31.1 Å². The predicted octanol–water partition coefficient (Wildman–Crippen LogP) is 2.43. The monoisotopic (exact) mass is 310 g/mol. The molecule has 20 heavy (non-hydrogen) atoms. The highest BCUT2D eigenvalue weighted by Gasteiger charge is 2.33. The lowest BCUT2D eigenvalue weighted by atomic mass is 10.2. The SMILES string of the molecule is CCOC(=O)C(C)S(=O)(=O)c1ccc(C(F)(F)F)cc1. The molecule has 0 saturated heterocycles. The van der Waals surface area contributed by atoms with Gasteiger partial charge in [0.25, 0.3) is 0 Å². The van der Waals surface area contributed by atoms with E-state index in [4.69, 9.17) is 0 Å². The lowest BCUT2D eigenvalue weighted by Gasteiger charge is -2.13. The van der Waals surface area contributed by atoms with E-state index < -0.39 is 32.8 Å². The summed E-state index contributed by atoms with van der Waals surface area (Å²) in [6, 6.07) is 2.97. The van der Waals surface area contributed by atoms with Crippen LogP contribution in [0.25, 0.3) is 0 Å². The van der Waals surface area contributed by atoms with E-state index in [0.717, 1.165) is 19.1 Å². The number of hydrogen-bond donors (Lipinski definition) is 0. The van der Waals surface area contributed by atoms with Gasteiger partial charge in [-0.15, -0.1) is 0 Å². The van der Waals surface area contributed by atoms with Crippen LogP contribution in [0.1, 0.15) is 19.4 Å². The summed E-state index contributed by atoms with van der Waals surface area (Å²) in [4.78, 5) is 11.1. The first kappa shape index (κ1) is 16.5. The van der Waals surface area contributed by atoms with Gasteiger partial charge in [-0.25, -0.2) is 8.42 Å². The van der Waals surface area contributed by atoms with Gasteiger partial charge in [-0.3, -0.25) is 4.79 Å². The van der Waals surface area contributed by atoms with Crippen LogP contribution >= 0.6 is 0 Å². The van der Waals surface area contributed by atoms with Crippen molar-refractivity contribution in [2.45, 2.75) is 30.2 Å². The predicted molar refractivity (Wildman–Crippen MR) is 64.7 cm³/mol. The van der Waals surface area contributed by atoms with Crippen LogP contribution in [0.2, 0.25) is 0 Å². The van der Waals surface area contributed by atoms with E-state index in [1.54, 1.807) is 0 Å². The fourth-order valence-electron chi connectivity index (χ4n) is 1.42. The van der Waals surface area contributed by atoms with Crippen LogP contribution in [0.4, 0.5) is 13.2 Å². The average Bonchev–Trinajstić information content (AvgIpc) is 2.37. The van der Waals surface area contributed by atoms with Crippen molar-refractivity contribution in [2.75, 3.05) is 6.61 Å². The number of ether oxygens (including phenoxy) is 1. The third-order valence-corrected chi connectivity index (χ3v) is 4.65. The number of sulfone groups is 1. The van der Waals surface area contributed by atoms with E-state index in [1.165, 1.54) is 6.92 Å². The summed E-state index contributed by atoms with van der Waals surface area (Å²) in [5, 5.41) is -1.47. The quantitative estimate of drug-likeness (QED) is 0.801. The van der Waals surface area contributed by atoms with E-state index >= 15 is 0 Å². The molecule has 0 aromatic heterocycles. The summed E-state index contributed by atoms with van der Waals surface area (Å²) in [7, 11) is -4.06. The third-order valence-electron chi connectivity index (χ3n) is 2.59. The molecule has 0 heterocycles. The fourth-order valence-corrected chi connectivity index (χ4v) is 2.67. The summed E-state index contributed by atoms with van der Waals surface area (Å²) in [5.74, 6) is -0.938. The number of esters is 1. The summed E-state index contributed by atoms with van der Waals surface area (Å²) in [6.45, 7) is 2.67. The van der Waals surface area contributed by atoms with Gasteiger partial charge in [0.1, 0.15) is 0 Å². The van der Waals surface area contributed by atoms with Gasteiger partial charge >= 0.3 is 12.1 Å². The van der Waals surface area contributed by atoms with E-state index in [2.05, 4.69) is 4.74 Å². The molecule has 0 saturated carbocycles. The number of alkyl halides is 3. The lowest BCUT2D eigenvalue weighted by molar-refractivity contribution is -0.142. The first-order chi connectivity index (χ1) is 9.10. The van der Waals surface area contributed by atoms with Crippen molar-refractivity contribution in [3.63, 3.8) is 0 Å². The van der Waals surface area contributed by atoms with Crippen molar-refractivity contribution in [1.82, 2.24) is 0 Å². The number of rotatable bonds is 4. The van der Waals surface area contributed by atoms with Crippen LogP contribution < -0.4 is 0 Å². The zero-order valence-corrected chi connectivity index (χ0v) is 11.6. The van der Waals surface area contributed by atoms with Crippen molar-refractivity contribution in [2.24, 2.45) is 0 Å². The van der Waals surface area contributed by atoms with Crippen LogP contribution in [0.3, 0.4) is 0 Å². The molecule has 0 aliphatic rings. The molecule has 0 aliphatic heterocycles. The van der Waals surface area contributed by atoms with Gasteiger partial charge in [0, 0.05) is 0 Å². The summed E-state index contributed by atoms with van der Waals surface area (Å²) >= 11 is 0. The average molecular weight is 310 g/mol. The minimum absolute atomic E-state index is 0.0195. The second-order valence-electron chi connectivity index (χ2n) is 3.96. The highest BCUT2D eigenvalue weighted by Crippen LogP contribution is 2.30. The Morgan fingerprint density at radius 1 is 1.25 bits per heavy atom.